The normalized spacial score (nSPS) is 13.9. The number of phenols is 1. The molecule has 4 rings (SSSR count). The minimum absolute atomic E-state index is 0.152. The lowest BCUT2D eigenvalue weighted by molar-refractivity contribution is -0.126. The van der Waals surface area contributed by atoms with Crippen LogP contribution in [0, 0.1) is 11.6 Å². The van der Waals surface area contributed by atoms with Gasteiger partial charge in [-0.15, -0.1) is 0 Å². The van der Waals surface area contributed by atoms with Gasteiger partial charge in [0.2, 0.25) is 5.91 Å². The van der Waals surface area contributed by atoms with Crippen LogP contribution >= 0.6 is 11.6 Å². The van der Waals surface area contributed by atoms with Crippen molar-refractivity contribution in [2.45, 2.75) is 6.92 Å². The third kappa shape index (κ3) is 4.00. The monoisotopic (exact) mass is 472 g/mol. The quantitative estimate of drug-likeness (QED) is 0.456. The van der Waals surface area contributed by atoms with Gasteiger partial charge in [-0.05, 0) is 24.3 Å². The number of rotatable bonds is 4. The van der Waals surface area contributed by atoms with Crippen LogP contribution in [0.5, 0.6) is 5.75 Å². The van der Waals surface area contributed by atoms with Crippen LogP contribution in [0.2, 0.25) is 5.02 Å². The average molecular weight is 473 g/mol. The van der Waals surface area contributed by atoms with Crippen molar-refractivity contribution in [3.63, 3.8) is 0 Å². The van der Waals surface area contributed by atoms with Crippen molar-refractivity contribution in [2.24, 2.45) is 0 Å². The number of piperazine rings is 1. The van der Waals surface area contributed by atoms with Gasteiger partial charge in [-0.2, -0.15) is 0 Å². The second kappa shape index (κ2) is 8.74. The SMILES string of the molecule is C=CC(=O)N1CCN(c2nc(C(C)=O)nc3c(F)c(-c4c(O)cccc4F)c(Cl)cc23)CC1. The summed E-state index contributed by atoms with van der Waals surface area (Å²) in [6.45, 7) is 6.24. The summed E-state index contributed by atoms with van der Waals surface area (Å²) in [5, 5.41) is 10.2. The summed E-state index contributed by atoms with van der Waals surface area (Å²) in [5.74, 6) is -2.95. The molecule has 170 valence electrons. The average Bonchev–Trinajstić information content (AvgIpc) is 2.80. The van der Waals surface area contributed by atoms with Crippen LogP contribution in [0.3, 0.4) is 0 Å². The predicted molar refractivity (Wildman–Crippen MR) is 121 cm³/mol. The molecule has 0 saturated carbocycles. The molecule has 0 unspecified atom stereocenters. The van der Waals surface area contributed by atoms with Crippen LogP contribution in [0.1, 0.15) is 17.5 Å². The molecule has 1 saturated heterocycles. The number of hydrogen-bond acceptors (Lipinski definition) is 6. The Balaban J connectivity index is 1.90. The fraction of sp³-hybridized carbons (Fsp3) is 0.217. The van der Waals surface area contributed by atoms with Crippen LogP contribution in [0.25, 0.3) is 22.0 Å². The van der Waals surface area contributed by atoms with Gasteiger partial charge in [0.05, 0.1) is 10.6 Å². The number of fused-ring (bicyclic) bond motifs is 1. The first-order chi connectivity index (χ1) is 15.7. The molecule has 2 heterocycles. The number of Topliss-reactive ketones (excluding diaryl/α,β-unsaturated/α-hetero) is 1. The van der Waals surface area contributed by atoms with Crippen LogP contribution in [-0.2, 0) is 4.79 Å². The van der Waals surface area contributed by atoms with E-state index in [9.17, 15) is 19.1 Å². The highest BCUT2D eigenvalue weighted by Crippen LogP contribution is 2.42. The number of carbonyl (C=O) groups is 2. The fourth-order valence-corrected chi connectivity index (χ4v) is 4.12. The zero-order chi connectivity index (χ0) is 23.9. The fourth-order valence-electron chi connectivity index (χ4n) is 3.84. The number of phenolic OH excluding ortho intramolecular Hbond substituents is 1. The van der Waals surface area contributed by atoms with Crippen molar-refractivity contribution in [2.75, 3.05) is 31.1 Å². The van der Waals surface area contributed by atoms with E-state index in [0.717, 1.165) is 6.07 Å². The van der Waals surface area contributed by atoms with Gasteiger partial charge < -0.3 is 14.9 Å². The first-order valence-corrected chi connectivity index (χ1v) is 10.5. The lowest BCUT2D eigenvalue weighted by Crippen LogP contribution is -2.48. The number of halogens is 3. The number of amides is 1. The van der Waals surface area contributed by atoms with Crippen LogP contribution in [0.15, 0.2) is 36.9 Å². The van der Waals surface area contributed by atoms with E-state index in [1.807, 2.05) is 0 Å². The van der Waals surface area contributed by atoms with E-state index in [1.165, 1.54) is 31.2 Å². The molecule has 1 fully saturated rings. The number of benzene rings is 2. The highest BCUT2D eigenvalue weighted by atomic mass is 35.5. The Morgan fingerprint density at radius 3 is 2.45 bits per heavy atom. The highest BCUT2D eigenvalue weighted by Gasteiger charge is 2.27. The number of hydrogen-bond donors (Lipinski definition) is 1. The summed E-state index contributed by atoms with van der Waals surface area (Å²) < 4.78 is 30.2. The molecular weight excluding hydrogens is 454 g/mol. The third-order valence-electron chi connectivity index (χ3n) is 5.48. The highest BCUT2D eigenvalue weighted by molar-refractivity contribution is 6.34. The molecule has 1 amide bonds. The van der Waals surface area contributed by atoms with Gasteiger partial charge in [-0.25, -0.2) is 18.7 Å². The van der Waals surface area contributed by atoms with Gasteiger partial charge in [0, 0.05) is 44.1 Å². The van der Waals surface area contributed by atoms with Crippen molar-refractivity contribution in [1.29, 1.82) is 0 Å². The van der Waals surface area contributed by atoms with Crippen molar-refractivity contribution in [3.8, 4) is 16.9 Å². The Morgan fingerprint density at radius 1 is 1.15 bits per heavy atom. The Morgan fingerprint density at radius 2 is 1.85 bits per heavy atom. The summed E-state index contributed by atoms with van der Waals surface area (Å²) in [4.78, 5) is 35.8. The molecular formula is C23H19ClF2N4O3. The predicted octanol–water partition coefficient (Wildman–Crippen LogP) is 3.97. The maximum atomic E-state index is 15.7. The number of anilines is 1. The third-order valence-corrected chi connectivity index (χ3v) is 5.78. The van der Waals surface area contributed by atoms with Gasteiger partial charge in [-0.3, -0.25) is 9.59 Å². The Kier molecular flexibility index (Phi) is 5.99. The number of ketones is 1. The molecule has 1 aromatic heterocycles. The maximum Gasteiger partial charge on any atom is 0.246 e. The Hall–Kier alpha value is -3.59. The number of nitrogens with zero attached hydrogens (tertiary/aromatic N) is 4. The Labute approximate surface area is 192 Å². The molecule has 2 aromatic carbocycles. The molecule has 0 radical (unpaired) electrons. The van der Waals surface area contributed by atoms with Crippen LogP contribution < -0.4 is 4.90 Å². The largest absolute Gasteiger partial charge is 0.507 e. The second-order valence-corrected chi connectivity index (χ2v) is 7.93. The lowest BCUT2D eigenvalue weighted by atomic mass is 10.0. The van der Waals surface area contributed by atoms with Crippen molar-refractivity contribution >= 4 is 40.0 Å². The van der Waals surface area contributed by atoms with Crippen molar-refractivity contribution in [1.82, 2.24) is 14.9 Å². The van der Waals surface area contributed by atoms with Gasteiger partial charge in [0.1, 0.15) is 22.9 Å². The molecule has 7 nitrogen and oxygen atoms in total. The Bertz CT molecular complexity index is 1290. The van der Waals surface area contributed by atoms with Crippen molar-refractivity contribution in [3.05, 3.63) is 59.4 Å². The minimum atomic E-state index is -0.982. The topological polar surface area (TPSA) is 86.6 Å². The molecule has 0 atom stereocenters. The van der Waals surface area contributed by atoms with E-state index in [4.69, 9.17) is 11.6 Å². The van der Waals surface area contributed by atoms with Gasteiger partial charge in [0.15, 0.2) is 17.4 Å². The minimum Gasteiger partial charge on any atom is -0.507 e. The standard InChI is InChI=1S/C23H19ClF2N4O3/c1-3-17(33)29-7-9-30(10-8-29)23-13-11-14(24)18(19-15(25)5-4-6-16(19)32)20(26)21(13)27-22(28-23)12(2)31/h3-6,11,32H,1,7-10H2,2H3. The molecule has 1 aliphatic heterocycles. The van der Waals surface area contributed by atoms with Gasteiger partial charge in [0.25, 0.3) is 0 Å². The van der Waals surface area contributed by atoms with Gasteiger partial charge in [-0.1, -0.05) is 24.2 Å². The molecule has 0 aliphatic carbocycles. The zero-order valence-electron chi connectivity index (χ0n) is 17.6. The molecule has 0 bridgehead atoms. The smallest absolute Gasteiger partial charge is 0.246 e. The van der Waals surface area contributed by atoms with E-state index in [1.54, 1.807) is 9.80 Å². The lowest BCUT2D eigenvalue weighted by Gasteiger charge is -2.35. The number of aromatic nitrogens is 2. The zero-order valence-corrected chi connectivity index (χ0v) is 18.4. The molecule has 1 N–H and O–H groups in total. The summed E-state index contributed by atoms with van der Waals surface area (Å²) in [6.07, 6.45) is 1.23. The van der Waals surface area contributed by atoms with E-state index < -0.39 is 28.7 Å². The van der Waals surface area contributed by atoms with Gasteiger partial charge >= 0.3 is 0 Å². The maximum absolute atomic E-state index is 15.7. The summed E-state index contributed by atoms with van der Waals surface area (Å²) >= 11 is 6.36. The number of carbonyl (C=O) groups excluding carboxylic acids is 2. The second-order valence-electron chi connectivity index (χ2n) is 7.52. The van der Waals surface area contributed by atoms with E-state index in [0.29, 0.717) is 26.2 Å². The van der Waals surface area contributed by atoms with E-state index >= 15 is 4.39 Å². The summed E-state index contributed by atoms with van der Waals surface area (Å²) in [5.41, 5.74) is -0.986. The molecule has 10 heteroatoms. The van der Waals surface area contributed by atoms with Crippen LogP contribution in [0.4, 0.5) is 14.6 Å². The summed E-state index contributed by atoms with van der Waals surface area (Å²) in [7, 11) is 0. The van der Waals surface area contributed by atoms with E-state index in [-0.39, 0.29) is 39.0 Å². The summed E-state index contributed by atoms with van der Waals surface area (Å²) in [6, 6.07) is 4.97. The van der Waals surface area contributed by atoms with Crippen LogP contribution in [-0.4, -0.2) is 57.8 Å². The number of aromatic hydroxyl groups is 1. The molecule has 1 aliphatic rings. The first kappa shape index (κ1) is 22.6. The molecule has 3 aromatic rings. The molecule has 0 spiro atoms. The molecule has 33 heavy (non-hydrogen) atoms. The van der Waals surface area contributed by atoms with Crippen molar-refractivity contribution < 1.29 is 23.5 Å². The first-order valence-electron chi connectivity index (χ1n) is 10.1. The van der Waals surface area contributed by atoms with E-state index in [2.05, 4.69) is 16.5 Å².